The van der Waals surface area contributed by atoms with Crippen molar-refractivity contribution in [1.29, 1.82) is 0 Å². The fourth-order valence-corrected chi connectivity index (χ4v) is 3.64. The maximum absolute atomic E-state index is 12.5. The number of esters is 1. The smallest absolute Gasteiger partial charge is 0.338 e. The minimum atomic E-state index is -0.578. The van der Waals surface area contributed by atoms with Gasteiger partial charge in [0, 0.05) is 28.1 Å². The molecule has 0 saturated heterocycles. The first-order valence-corrected chi connectivity index (χ1v) is 8.59. The summed E-state index contributed by atoms with van der Waals surface area (Å²) in [5.74, 6) is -0.691. The third-order valence-electron chi connectivity index (χ3n) is 4.15. The number of benzene rings is 2. The number of carbonyl (C=O) groups excluding carboxylic acids is 2. The SMILES string of the molecule is O=C(OCc1csc([N+](=O)[O-])c1)c1ccc2c(c1)C(=O)c1ccccc1-2. The van der Waals surface area contributed by atoms with Crippen molar-refractivity contribution in [3.8, 4) is 11.1 Å². The zero-order chi connectivity index (χ0) is 18.3. The summed E-state index contributed by atoms with van der Waals surface area (Å²) < 4.78 is 5.21. The van der Waals surface area contributed by atoms with Crippen LogP contribution in [-0.2, 0) is 11.3 Å². The minimum Gasteiger partial charge on any atom is -0.457 e. The molecule has 0 spiro atoms. The van der Waals surface area contributed by atoms with Gasteiger partial charge in [0.05, 0.1) is 10.5 Å². The Kier molecular flexibility index (Phi) is 3.85. The minimum absolute atomic E-state index is 0.00283. The number of thiophene rings is 1. The first kappa shape index (κ1) is 16.2. The van der Waals surface area contributed by atoms with E-state index in [1.54, 1.807) is 29.6 Å². The zero-order valence-electron chi connectivity index (χ0n) is 13.3. The lowest BCUT2D eigenvalue weighted by Crippen LogP contribution is -2.06. The van der Waals surface area contributed by atoms with E-state index in [9.17, 15) is 19.7 Å². The quantitative estimate of drug-likeness (QED) is 0.307. The Morgan fingerprint density at radius 2 is 1.77 bits per heavy atom. The Bertz CT molecular complexity index is 1070. The van der Waals surface area contributed by atoms with Gasteiger partial charge in [-0.25, -0.2) is 4.79 Å². The molecule has 1 aliphatic rings. The lowest BCUT2D eigenvalue weighted by atomic mass is 10.0. The summed E-state index contributed by atoms with van der Waals surface area (Å²) in [4.78, 5) is 35.0. The second-order valence-electron chi connectivity index (χ2n) is 5.76. The van der Waals surface area contributed by atoms with Gasteiger partial charge in [0.1, 0.15) is 6.61 Å². The normalized spacial score (nSPS) is 11.8. The van der Waals surface area contributed by atoms with E-state index < -0.39 is 10.9 Å². The molecule has 0 unspecified atom stereocenters. The molecule has 2 aromatic carbocycles. The number of ether oxygens (including phenoxy) is 1. The van der Waals surface area contributed by atoms with Gasteiger partial charge in [-0.3, -0.25) is 14.9 Å². The number of rotatable bonds is 4. The average Bonchev–Trinajstić information content (AvgIpc) is 3.24. The van der Waals surface area contributed by atoms with E-state index in [0.717, 1.165) is 22.5 Å². The fraction of sp³-hybridized carbons (Fsp3) is 0.0526. The van der Waals surface area contributed by atoms with Gasteiger partial charge in [-0.1, -0.05) is 41.7 Å². The molecule has 0 amide bonds. The van der Waals surface area contributed by atoms with Crippen LogP contribution in [0.15, 0.2) is 53.9 Å². The van der Waals surface area contributed by atoms with Crippen LogP contribution in [-0.4, -0.2) is 16.7 Å². The van der Waals surface area contributed by atoms with Crippen LogP contribution in [0.5, 0.6) is 0 Å². The third kappa shape index (κ3) is 2.68. The maximum atomic E-state index is 12.5. The Morgan fingerprint density at radius 1 is 1.04 bits per heavy atom. The molecule has 26 heavy (non-hydrogen) atoms. The van der Waals surface area contributed by atoms with Crippen molar-refractivity contribution in [2.24, 2.45) is 0 Å². The average molecular weight is 365 g/mol. The Hall–Kier alpha value is -3.32. The molecule has 6 nitrogen and oxygen atoms in total. The van der Waals surface area contributed by atoms with Crippen molar-refractivity contribution >= 4 is 28.1 Å². The summed E-state index contributed by atoms with van der Waals surface area (Å²) in [6.45, 7) is -0.0611. The molecule has 1 aromatic heterocycles. The van der Waals surface area contributed by atoms with Crippen LogP contribution in [0.3, 0.4) is 0 Å². The molecule has 0 bridgehead atoms. The Labute approximate surface area is 151 Å². The van der Waals surface area contributed by atoms with Gasteiger partial charge >= 0.3 is 11.0 Å². The summed E-state index contributed by atoms with van der Waals surface area (Å²) >= 11 is 0.980. The van der Waals surface area contributed by atoms with Crippen LogP contribution < -0.4 is 0 Å². The maximum Gasteiger partial charge on any atom is 0.338 e. The van der Waals surface area contributed by atoms with Gasteiger partial charge in [-0.15, -0.1) is 0 Å². The van der Waals surface area contributed by atoms with E-state index in [1.807, 2.05) is 12.1 Å². The van der Waals surface area contributed by atoms with E-state index in [-0.39, 0.29) is 23.0 Å². The van der Waals surface area contributed by atoms with Crippen molar-refractivity contribution in [3.05, 3.63) is 86.3 Å². The standard InChI is InChI=1S/C19H11NO5S/c21-18-15-4-2-1-3-13(15)14-6-5-12(8-16(14)18)19(22)25-9-11-7-17(20(23)24)26-10-11/h1-8,10H,9H2. The van der Waals surface area contributed by atoms with E-state index >= 15 is 0 Å². The molecule has 0 aliphatic heterocycles. The molecule has 0 N–H and O–H groups in total. The van der Waals surface area contributed by atoms with Gasteiger partial charge < -0.3 is 4.74 Å². The van der Waals surface area contributed by atoms with Crippen LogP contribution in [0, 0.1) is 10.1 Å². The highest BCUT2D eigenvalue weighted by Gasteiger charge is 2.27. The molecule has 7 heteroatoms. The Morgan fingerprint density at radius 3 is 2.50 bits per heavy atom. The van der Waals surface area contributed by atoms with E-state index in [4.69, 9.17) is 4.74 Å². The summed E-state index contributed by atoms with van der Waals surface area (Å²) in [7, 11) is 0. The third-order valence-corrected chi connectivity index (χ3v) is 5.08. The van der Waals surface area contributed by atoms with Crippen molar-refractivity contribution < 1.29 is 19.2 Å². The van der Waals surface area contributed by atoms with E-state index in [1.165, 1.54) is 12.1 Å². The monoisotopic (exact) mass is 365 g/mol. The molecule has 1 aliphatic carbocycles. The highest BCUT2D eigenvalue weighted by molar-refractivity contribution is 7.13. The van der Waals surface area contributed by atoms with Gasteiger partial charge in [-0.2, -0.15) is 0 Å². The van der Waals surface area contributed by atoms with Crippen LogP contribution in [0.4, 0.5) is 5.00 Å². The number of carbonyl (C=O) groups is 2. The molecule has 0 fully saturated rings. The number of ketones is 1. The van der Waals surface area contributed by atoms with Crippen LogP contribution >= 0.6 is 11.3 Å². The number of fused-ring (bicyclic) bond motifs is 3. The molecule has 128 valence electrons. The molecule has 3 aromatic rings. The zero-order valence-corrected chi connectivity index (χ0v) is 14.1. The largest absolute Gasteiger partial charge is 0.457 e. The number of hydrogen-bond donors (Lipinski definition) is 0. The summed E-state index contributed by atoms with van der Waals surface area (Å²) in [5.41, 5.74) is 3.59. The van der Waals surface area contributed by atoms with Crippen molar-refractivity contribution in [3.63, 3.8) is 0 Å². The van der Waals surface area contributed by atoms with Crippen LogP contribution in [0.1, 0.15) is 31.8 Å². The number of nitro groups is 1. The van der Waals surface area contributed by atoms with E-state index in [2.05, 4.69) is 0 Å². The van der Waals surface area contributed by atoms with E-state index in [0.29, 0.717) is 16.7 Å². The number of nitrogens with zero attached hydrogens (tertiary/aromatic N) is 1. The lowest BCUT2D eigenvalue weighted by Gasteiger charge is -2.05. The molecule has 0 radical (unpaired) electrons. The summed E-state index contributed by atoms with van der Waals surface area (Å²) in [5, 5.41) is 12.3. The molecule has 0 atom stereocenters. The van der Waals surface area contributed by atoms with Gasteiger partial charge in [0.15, 0.2) is 5.78 Å². The summed E-state index contributed by atoms with van der Waals surface area (Å²) in [6.07, 6.45) is 0. The fourth-order valence-electron chi connectivity index (χ4n) is 2.92. The molecule has 0 saturated carbocycles. The van der Waals surface area contributed by atoms with Crippen molar-refractivity contribution in [2.45, 2.75) is 6.61 Å². The predicted molar refractivity (Wildman–Crippen MR) is 95.4 cm³/mol. The van der Waals surface area contributed by atoms with Crippen LogP contribution in [0.2, 0.25) is 0 Å². The molecule has 1 heterocycles. The van der Waals surface area contributed by atoms with Crippen LogP contribution in [0.25, 0.3) is 11.1 Å². The molecular formula is C19H11NO5S. The summed E-state index contributed by atoms with van der Waals surface area (Å²) in [6, 6.07) is 13.6. The molecular weight excluding hydrogens is 354 g/mol. The van der Waals surface area contributed by atoms with Crippen molar-refractivity contribution in [1.82, 2.24) is 0 Å². The predicted octanol–water partition coefficient (Wildman–Crippen LogP) is 4.22. The molecule has 4 rings (SSSR count). The highest BCUT2D eigenvalue weighted by atomic mass is 32.1. The first-order chi connectivity index (χ1) is 12.5. The van der Waals surface area contributed by atoms with Gasteiger partial charge in [0.2, 0.25) is 0 Å². The van der Waals surface area contributed by atoms with Crippen molar-refractivity contribution in [2.75, 3.05) is 0 Å². The Balaban J connectivity index is 1.53. The topological polar surface area (TPSA) is 86.5 Å². The second kappa shape index (κ2) is 6.20. The first-order valence-electron chi connectivity index (χ1n) is 7.71. The second-order valence-corrected chi connectivity index (χ2v) is 6.65. The van der Waals surface area contributed by atoms with Gasteiger partial charge in [0.25, 0.3) is 0 Å². The number of hydrogen-bond acceptors (Lipinski definition) is 6. The lowest BCUT2D eigenvalue weighted by molar-refractivity contribution is -0.380. The highest BCUT2D eigenvalue weighted by Crippen LogP contribution is 2.36. The van der Waals surface area contributed by atoms with Gasteiger partial charge in [-0.05, 0) is 23.3 Å².